The molecule has 0 saturated carbocycles. The minimum absolute atomic E-state index is 0.00987. The molecule has 1 atom stereocenters. The first kappa shape index (κ1) is 13.6. The van der Waals surface area contributed by atoms with E-state index in [4.69, 9.17) is 5.73 Å². The number of hydrogen-bond acceptors (Lipinski definition) is 2. The van der Waals surface area contributed by atoms with Gasteiger partial charge in [-0.05, 0) is 30.0 Å². The Bertz CT molecular complexity index is 818. The Morgan fingerprint density at radius 3 is 2.52 bits per heavy atom. The maximum absolute atomic E-state index is 12.5. The van der Waals surface area contributed by atoms with Crippen LogP contribution in [0.25, 0.3) is 10.8 Å². The first-order chi connectivity index (χ1) is 10.1. The molecule has 2 aromatic carbocycles. The molecule has 106 valence electrons. The Kier molecular flexibility index (Phi) is 3.59. The van der Waals surface area contributed by atoms with Crippen LogP contribution in [0.1, 0.15) is 17.2 Å². The Morgan fingerprint density at radius 2 is 1.76 bits per heavy atom. The zero-order valence-electron chi connectivity index (χ0n) is 12.0. The minimum Gasteiger partial charge on any atom is -0.322 e. The minimum atomic E-state index is -0.190. The average Bonchev–Trinajstić information content (AvgIpc) is 2.51. The second kappa shape index (κ2) is 5.54. The highest BCUT2D eigenvalue weighted by Crippen LogP contribution is 2.14. The molecule has 0 bridgehead atoms. The topological polar surface area (TPSA) is 48.0 Å². The van der Waals surface area contributed by atoms with Crippen LogP contribution in [0.3, 0.4) is 0 Å². The molecule has 3 aromatic rings. The molecule has 3 nitrogen and oxygen atoms in total. The van der Waals surface area contributed by atoms with Crippen molar-refractivity contribution in [1.29, 1.82) is 0 Å². The first-order valence-corrected chi connectivity index (χ1v) is 7.05. The molecule has 21 heavy (non-hydrogen) atoms. The maximum Gasteiger partial charge on any atom is 0.258 e. The van der Waals surface area contributed by atoms with Crippen LogP contribution < -0.4 is 11.3 Å². The Labute approximate surface area is 123 Å². The Morgan fingerprint density at radius 1 is 1.05 bits per heavy atom. The van der Waals surface area contributed by atoms with E-state index in [9.17, 15) is 4.79 Å². The Hall–Kier alpha value is -2.39. The van der Waals surface area contributed by atoms with Crippen molar-refractivity contribution >= 4 is 10.8 Å². The number of aromatic nitrogens is 1. The lowest BCUT2D eigenvalue weighted by Crippen LogP contribution is -2.26. The van der Waals surface area contributed by atoms with Gasteiger partial charge in [-0.15, -0.1) is 0 Å². The molecule has 2 N–H and O–H groups in total. The van der Waals surface area contributed by atoms with Crippen molar-refractivity contribution in [1.82, 2.24) is 4.57 Å². The fourth-order valence-corrected chi connectivity index (χ4v) is 2.50. The quantitative estimate of drug-likeness (QED) is 0.800. The summed E-state index contributed by atoms with van der Waals surface area (Å²) in [6, 6.07) is 17.5. The van der Waals surface area contributed by atoms with Gasteiger partial charge in [0.1, 0.15) is 0 Å². The monoisotopic (exact) mass is 278 g/mol. The van der Waals surface area contributed by atoms with Crippen molar-refractivity contribution in [3.8, 4) is 0 Å². The average molecular weight is 278 g/mol. The van der Waals surface area contributed by atoms with Crippen LogP contribution in [-0.2, 0) is 6.54 Å². The predicted octanol–water partition coefficient (Wildman–Crippen LogP) is 3.01. The molecular weight excluding hydrogens is 260 g/mol. The lowest BCUT2D eigenvalue weighted by atomic mass is 10.1. The zero-order valence-corrected chi connectivity index (χ0v) is 12.0. The number of aryl methyl sites for hydroxylation is 1. The van der Waals surface area contributed by atoms with Gasteiger partial charge in [-0.25, -0.2) is 0 Å². The normalized spacial score (nSPS) is 12.5. The standard InChI is InChI=1S/C18H18N2O/c1-13-6-8-15(9-7-13)17(19)12-20-11-10-14-4-2-3-5-16(14)18(20)21/h2-11,17H,12,19H2,1H3. The molecule has 0 aliphatic heterocycles. The number of rotatable bonds is 3. The van der Waals surface area contributed by atoms with E-state index in [-0.39, 0.29) is 11.6 Å². The van der Waals surface area contributed by atoms with Crippen molar-refractivity contribution in [3.63, 3.8) is 0 Å². The summed E-state index contributed by atoms with van der Waals surface area (Å²) in [6.45, 7) is 2.52. The molecule has 1 heterocycles. The smallest absolute Gasteiger partial charge is 0.258 e. The van der Waals surface area contributed by atoms with Crippen LogP contribution >= 0.6 is 0 Å². The van der Waals surface area contributed by atoms with Crippen LogP contribution in [0.2, 0.25) is 0 Å². The van der Waals surface area contributed by atoms with E-state index in [1.165, 1.54) is 5.56 Å². The highest BCUT2D eigenvalue weighted by molar-refractivity contribution is 5.81. The predicted molar refractivity (Wildman–Crippen MR) is 86.3 cm³/mol. The summed E-state index contributed by atoms with van der Waals surface area (Å²) in [5.74, 6) is 0. The fraction of sp³-hybridized carbons (Fsp3) is 0.167. The molecule has 0 radical (unpaired) electrons. The second-order valence-electron chi connectivity index (χ2n) is 5.38. The van der Waals surface area contributed by atoms with Gasteiger partial charge < -0.3 is 10.3 Å². The van der Waals surface area contributed by atoms with Crippen molar-refractivity contribution in [2.24, 2.45) is 5.73 Å². The van der Waals surface area contributed by atoms with Gasteiger partial charge in [-0.2, -0.15) is 0 Å². The van der Waals surface area contributed by atoms with E-state index in [0.29, 0.717) is 6.54 Å². The largest absolute Gasteiger partial charge is 0.322 e. The molecular formula is C18H18N2O. The van der Waals surface area contributed by atoms with E-state index in [2.05, 4.69) is 0 Å². The van der Waals surface area contributed by atoms with Gasteiger partial charge in [0, 0.05) is 24.2 Å². The number of hydrogen-bond donors (Lipinski definition) is 1. The molecule has 3 rings (SSSR count). The Balaban J connectivity index is 1.93. The van der Waals surface area contributed by atoms with Gasteiger partial charge >= 0.3 is 0 Å². The lowest BCUT2D eigenvalue weighted by molar-refractivity contribution is 0.565. The number of fused-ring (bicyclic) bond motifs is 1. The van der Waals surface area contributed by atoms with Crippen LogP contribution in [0.5, 0.6) is 0 Å². The molecule has 0 saturated heterocycles. The van der Waals surface area contributed by atoms with Crippen LogP contribution in [0.15, 0.2) is 65.6 Å². The summed E-state index contributed by atoms with van der Waals surface area (Å²) in [6.07, 6.45) is 1.82. The van der Waals surface area contributed by atoms with Crippen LogP contribution in [0, 0.1) is 6.92 Å². The SMILES string of the molecule is Cc1ccc(C(N)Cn2ccc3ccccc3c2=O)cc1. The van der Waals surface area contributed by atoms with Gasteiger partial charge in [0.15, 0.2) is 0 Å². The van der Waals surface area contributed by atoms with Crippen molar-refractivity contribution in [2.75, 3.05) is 0 Å². The number of pyridine rings is 1. The summed E-state index contributed by atoms with van der Waals surface area (Å²) in [5.41, 5.74) is 8.49. The molecule has 1 aromatic heterocycles. The number of nitrogens with two attached hydrogens (primary N) is 1. The van der Waals surface area contributed by atoms with Gasteiger partial charge in [-0.1, -0.05) is 48.0 Å². The first-order valence-electron chi connectivity index (χ1n) is 7.05. The number of benzene rings is 2. The summed E-state index contributed by atoms with van der Waals surface area (Å²) in [5, 5.41) is 1.69. The fourth-order valence-electron chi connectivity index (χ4n) is 2.50. The van der Waals surface area contributed by atoms with Crippen molar-refractivity contribution < 1.29 is 0 Å². The van der Waals surface area contributed by atoms with E-state index in [1.807, 2.05) is 67.7 Å². The molecule has 0 spiro atoms. The molecule has 0 aliphatic carbocycles. The second-order valence-corrected chi connectivity index (χ2v) is 5.38. The number of nitrogens with zero attached hydrogens (tertiary/aromatic N) is 1. The summed E-state index contributed by atoms with van der Waals surface area (Å²) < 4.78 is 1.69. The summed E-state index contributed by atoms with van der Waals surface area (Å²) >= 11 is 0. The van der Waals surface area contributed by atoms with E-state index >= 15 is 0 Å². The highest BCUT2D eigenvalue weighted by atomic mass is 16.1. The van der Waals surface area contributed by atoms with Crippen LogP contribution in [-0.4, -0.2) is 4.57 Å². The molecule has 1 unspecified atom stereocenters. The summed E-state index contributed by atoms with van der Waals surface area (Å²) in [7, 11) is 0. The third-order valence-corrected chi connectivity index (χ3v) is 3.78. The third kappa shape index (κ3) is 2.73. The van der Waals surface area contributed by atoms with Crippen molar-refractivity contribution in [3.05, 3.63) is 82.3 Å². The van der Waals surface area contributed by atoms with E-state index < -0.39 is 0 Å². The molecule has 0 aliphatic rings. The molecule has 0 fully saturated rings. The van der Waals surface area contributed by atoms with Crippen molar-refractivity contribution in [2.45, 2.75) is 19.5 Å². The van der Waals surface area contributed by atoms with Crippen LogP contribution in [0.4, 0.5) is 0 Å². The molecule has 0 amide bonds. The van der Waals surface area contributed by atoms with E-state index in [1.54, 1.807) is 4.57 Å². The van der Waals surface area contributed by atoms with E-state index in [0.717, 1.165) is 16.3 Å². The third-order valence-electron chi connectivity index (χ3n) is 3.78. The van der Waals surface area contributed by atoms with Gasteiger partial charge in [0.05, 0.1) is 0 Å². The lowest BCUT2D eigenvalue weighted by Gasteiger charge is -2.15. The highest BCUT2D eigenvalue weighted by Gasteiger charge is 2.09. The zero-order chi connectivity index (χ0) is 14.8. The summed E-state index contributed by atoms with van der Waals surface area (Å²) in [4.78, 5) is 12.5. The maximum atomic E-state index is 12.5. The molecule has 3 heteroatoms. The van der Waals surface area contributed by atoms with Gasteiger partial charge in [0.25, 0.3) is 5.56 Å². The van der Waals surface area contributed by atoms with Gasteiger partial charge in [-0.3, -0.25) is 4.79 Å². The van der Waals surface area contributed by atoms with Gasteiger partial charge in [0.2, 0.25) is 0 Å².